The van der Waals surface area contributed by atoms with E-state index in [1.54, 1.807) is 13.1 Å². The van der Waals surface area contributed by atoms with Crippen LogP contribution in [-0.2, 0) is 4.79 Å². The summed E-state index contributed by atoms with van der Waals surface area (Å²) in [5.41, 5.74) is 1.47. The zero-order valence-corrected chi connectivity index (χ0v) is 16.9. The Morgan fingerprint density at radius 2 is 1.88 bits per heavy atom. The van der Waals surface area contributed by atoms with Gasteiger partial charge in [0.15, 0.2) is 5.16 Å². The average Bonchev–Trinajstić information content (AvgIpc) is 2.94. The second-order valence-corrected chi connectivity index (χ2v) is 8.81. The number of imidazole rings is 1. The van der Waals surface area contributed by atoms with Crippen molar-refractivity contribution < 1.29 is 9.59 Å². The zero-order chi connectivity index (χ0) is 18.6. The van der Waals surface area contributed by atoms with Crippen LogP contribution in [0.2, 0.25) is 0 Å². The highest BCUT2D eigenvalue weighted by atomic mass is 79.9. The Morgan fingerprint density at radius 3 is 2.48 bits per heavy atom. The van der Waals surface area contributed by atoms with Crippen LogP contribution in [0.15, 0.2) is 40.1 Å². The minimum atomic E-state index is -0.500. The molecule has 3 amide bonds. The molecule has 2 aromatic rings. The number of carbonyl (C=O) groups excluding carboxylic acids is 2. The maximum atomic E-state index is 12.1. The van der Waals surface area contributed by atoms with E-state index in [9.17, 15) is 9.59 Å². The topological polar surface area (TPSA) is 86.9 Å². The summed E-state index contributed by atoms with van der Waals surface area (Å²) in [4.78, 5) is 31.4. The number of benzene rings is 1. The molecule has 1 atom stereocenters. The molecule has 25 heavy (non-hydrogen) atoms. The maximum Gasteiger partial charge on any atom is 0.321 e. The number of hydrogen-bond acceptors (Lipinski definition) is 4. The fourth-order valence-corrected chi connectivity index (χ4v) is 2.99. The molecule has 0 bridgehead atoms. The Labute approximate surface area is 159 Å². The van der Waals surface area contributed by atoms with Gasteiger partial charge in [-0.1, -0.05) is 39.8 Å². The van der Waals surface area contributed by atoms with E-state index in [-0.39, 0.29) is 5.91 Å². The normalized spacial score (nSPS) is 12.5. The van der Waals surface area contributed by atoms with Gasteiger partial charge in [-0.05, 0) is 45.4 Å². The fourth-order valence-electron chi connectivity index (χ4n) is 1.95. The van der Waals surface area contributed by atoms with Crippen LogP contribution in [0.3, 0.4) is 0 Å². The highest BCUT2D eigenvalue weighted by molar-refractivity contribution is 9.10. The minimum Gasteiger partial charge on any atom is -0.333 e. The Hall–Kier alpha value is -1.80. The van der Waals surface area contributed by atoms with E-state index in [0.29, 0.717) is 5.16 Å². The van der Waals surface area contributed by atoms with Crippen molar-refractivity contribution in [1.29, 1.82) is 0 Å². The lowest BCUT2D eigenvalue weighted by molar-refractivity contribution is -0.119. The van der Waals surface area contributed by atoms with E-state index in [1.807, 2.05) is 45.0 Å². The molecule has 1 unspecified atom stereocenters. The standard InChI is InChI=1S/C17H21BrN4O2S/c1-10(14(23)21-15(24)22-17(2,3)4)25-16-19-9-13(20-16)11-5-7-12(18)8-6-11/h5-10H,1-4H3,(H,19,20)(H2,21,22,23,24). The number of nitrogens with zero attached hydrogens (tertiary/aromatic N) is 1. The highest BCUT2D eigenvalue weighted by Gasteiger charge is 2.21. The SMILES string of the molecule is CC(Sc1ncc(-c2ccc(Br)cc2)[nH]1)C(=O)NC(=O)NC(C)(C)C. The molecular formula is C17H21BrN4O2S. The van der Waals surface area contributed by atoms with Crippen LogP contribution in [0.4, 0.5) is 4.79 Å². The number of amides is 3. The first-order valence-electron chi connectivity index (χ1n) is 7.74. The zero-order valence-electron chi connectivity index (χ0n) is 14.5. The Morgan fingerprint density at radius 1 is 1.24 bits per heavy atom. The number of carbonyl (C=O) groups is 2. The number of imide groups is 1. The molecule has 0 saturated carbocycles. The van der Waals surface area contributed by atoms with Crippen molar-refractivity contribution in [2.75, 3.05) is 0 Å². The van der Waals surface area contributed by atoms with Crippen LogP contribution in [0.1, 0.15) is 27.7 Å². The lowest BCUT2D eigenvalue weighted by atomic mass is 10.1. The third-order valence-electron chi connectivity index (χ3n) is 3.09. The molecule has 0 spiro atoms. The van der Waals surface area contributed by atoms with Gasteiger partial charge in [0.2, 0.25) is 5.91 Å². The smallest absolute Gasteiger partial charge is 0.321 e. The van der Waals surface area contributed by atoms with Gasteiger partial charge in [0, 0.05) is 10.0 Å². The van der Waals surface area contributed by atoms with E-state index in [2.05, 4.69) is 36.5 Å². The minimum absolute atomic E-state index is 0.367. The average molecular weight is 425 g/mol. The van der Waals surface area contributed by atoms with Gasteiger partial charge in [0.1, 0.15) is 0 Å². The fraction of sp³-hybridized carbons (Fsp3) is 0.353. The second kappa shape index (κ2) is 8.05. The van der Waals surface area contributed by atoms with Gasteiger partial charge in [-0.3, -0.25) is 10.1 Å². The van der Waals surface area contributed by atoms with Crippen molar-refractivity contribution in [2.24, 2.45) is 0 Å². The number of nitrogens with one attached hydrogen (secondary N) is 3. The van der Waals surface area contributed by atoms with Crippen LogP contribution in [0.25, 0.3) is 11.3 Å². The van der Waals surface area contributed by atoms with E-state index in [0.717, 1.165) is 15.7 Å². The number of thioether (sulfide) groups is 1. The number of halogens is 1. The Bertz CT molecular complexity index is 753. The summed E-state index contributed by atoms with van der Waals surface area (Å²) < 4.78 is 1.00. The second-order valence-electron chi connectivity index (χ2n) is 6.56. The molecule has 8 heteroatoms. The monoisotopic (exact) mass is 424 g/mol. The molecule has 2 rings (SSSR count). The third-order valence-corrected chi connectivity index (χ3v) is 4.62. The predicted molar refractivity (Wildman–Crippen MR) is 103 cm³/mol. The number of hydrogen-bond donors (Lipinski definition) is 3. The van der Waals surface area contributed by atoms with E-state index >= 15 is 0 Å². The molecule has 134 valence electrons. The van der Waals surface area contributed by atoms with Gasteiger partial charge in [0.05, 0.1) is 17.1 Å². The van der Waals surface area contributed by atoms with Gasteiger partial charge in [0.25, 0.3) is 0 Å². The lowest BCUT2D eigenvalue weighted by Crippen LogP contribution is -2.49. The van der Waals surface area contributed by atoms with Crippen LogP contribution in [0, 0.1) is 0 Å². The number of aromatic amines is 1. The maximum absolute atomic E-state index is 12.1. The van der Waals surface area contributed by atoms with Crippen molar-refractivity contribution >= 4 is 39.6 Å². The van der Waals surface area contributed by atoms with Gasteiger partial charge in [-0.25, -0.2) is 9.78 Å². The highest BCUT2D eigenvalue weighted by Crippen LogP contribution is 2.25. The molecule has 0 aliphatic rings. The third kappa shape index (κ3) is 6.21. The molecule has 0 aliphatic carbocycles. The quantitative estimate of drug-likeness (QED) is 0.648. The number of aromatic nitrogens is 2. The molecule has 6 nitrogen and oxygen atoms in total. The van der Waals surface area contributed by atoms with Gasteiger partial charge in [-0.15, -0.1) is 0 Å². The van der Waals surface area contributed by atoms with Crippen LogP contribution < -0.4 is 10.6 Å². The number of H-pyrrole nitrogens is 1. The van der Waals surface area contributed by atoms with E-state index in [1.165, 1.54) is 11.8 Å². The van der Waals surface area contributed by atoms with Crippen molar-refractivity contribution in [3.8, 4) is 11.3 Å². The molecular weight excluding hydrogens is 404 g/mol. The molecule has 0 fully saturated rings. The van der Waals surface area contributed by atoms with Crippen LogP contribution in [-0.4, -0.2) is 32.7 Å². The molecule has 0 aliphatic heterocycles. The van der Waals surface area contributed by atoms with Crippen LogP contribution >= 0.6 is 27.7 Å². The predicted octanol–water partition coefficient (Wildman–Crippen LogP) is 3.94. The first kappa shape index (κ1) is 19.5. The first-order valence-corrected chi connectivity index (χ1v) is 9.42. The summed E-state index contributed by atoms with van der Waals surface area (Å²) in [6.07, 6.45) is 1.72. The summed E-state index contributed by atoms with van der Waals surface area (Å²) in [7, 11) is 0. The largest absolute Gasteiger partial charge is 0.333 e. The van der Waals surface area contributed by atoms with Gasteiger partial charge >= 0.3 is 6.03 Å². The Balaban J connectivity index is 1.94. The summed E-state index contributed by atoms with van der Waals surface area (Å²) in [5, 5.41) is 5.19. The molecule has 1 aromatic heterocycles. The molecule has 0 saturated heterocycles. The van der Waals surface area contributed by atoms with E-state index < -0.39 is 16.8 Å². The van der Waals surface area contributed by atoms with Gasteiger partial charge in [-0.2, -0.15) is 0 Å². The molecule has 0 radical (unpaired) electrons. The van der Waals surface area contributed by atoms with Crippen LogP contribution in [0.5, 0.6) is 0 Å². The summed E-state index contributed by atoms with van der Waals surface area (Å²) in [6, 6.07) is 7.35. The Kier molecular flexibility index (Phi) is 6.29. The summed E-state index contributed by atoms with van der Waals surface area (Å²) in [5.74, 6) is -0.367. The summed E-state index contributed by atoms with van der Waals surface area (Å²) in [6.45, 7) is 7.28. The van der Waals surface area contributed by atoms with E-state index in [4.69, 9.17) is 0 Å². The first-order chi connectivity index (χ1) is 11.6. The van der Waals surface area contributed by atoms with Gasteiger partial charge < -0.3 is 10.3 Å². The van der Waals surface area contributed by atoms with Crippen molar-refractivity contribution in [1.82, 2.24) is 20.6 Å². The molecule has 1 aromatic carbocycles. The molecule has 1 heterocycles. The van der Waals surface area contributed by atoms with Crippen molar-refractivity contribution in [3.63, 3.8) is 0 Å². The van der Waals surface area contributed by atoms with Crippen molar-refractivity contribution in [3.05, 3.63) is 34.9 Å². The number of rotatable bonds is 4. The molecule has 3 N–H and O–H groups in total. The van der Waals surface area contributed by atoms with Crippen molar-refractivity contribution in [2.45, 2.75) is 43.6 Å². The summed E-state index contributed by atoms with van der Waals surface area (Å²) >= 11 is 4.66. The number of urea groups is 1. The lowest BCUT2D eigenvalue weighted by Gasteiger charge is -2.21.